The largest absolute Gasteiger partial charge is 0.320 e. The van der Waals surface area contributed by atoms with Gasteiger partial charge in [0.05, 0.1) is 6.04 Å². The predicted molar refractivity (Wildman–Crippen MR) is 134 cm³/mol. The van der Waals surface area contributed by atoms with Crippen molar-refractivity contribution < 1.29 is 19.6 Å². The molecule has 0 bridgehead atoms. The Kier molecular flexibility index (Phi) is 13.1. The van der Waals surface area contributed by atoms with Gasteiger partial charge >= 0.3 is 0 Å². The van der Waals surface area contributed by atoms with Crippen LogP contribution in [0.2, 0.25) is 0 Å². The van der Waals surface area contributed by atoms with Gasteiger partial charge in [-0.1, -0.05) is 83.0 Å². The van der Waals surface area contributed by atoms with E-state index in [1.807, 2.05) is 64.1 Å². The summed E-state index contributed by atoms with van der Waals surface area (Å²) in [6.45, 7) is 9.89. The van der Waals surface area contributed by atoms with Gasteiger partial charge in [0.25, 0.3) is 11.8 Å². The molecule has 0 heterocycles. The monoisotopic (exact) mass is 474 g/mol. The first kappa shape index (κ1) is 29.3. The van der Waals surface area contributed by atoms with Crippen LogP contribution in [0.3, 0.4) is 0 Å². The molecular formula is C26H42N4O4. The zero-order chi connectivity index (χ0) is 25.7. The predicted octanol–water partition coefficient (Wildman–Crippen LogP) is 3.76. The molecule has 8 nitrogen and oxygen atoms in total. The van der Waals surface area contributed by atoms with Gasteiger partial charge < -0.3 is 5.73 Å². The molecule has 4 N–H and O–H groups in total. The van der Waals surface area contributed by atoms with Crippen molar-refractivity contribution >= 4 is 23.8 Å². The lowest BCUT2D eigenvalue weighted by molar-refractivity contribution is -0.176. The van der Waals surface area contributed by atoms with Crippen LogP contribution in [0.4, 0.5) is 0 Å². The Morgan fingerprint density at radius 3 is 2.21 bits per heavy atom. The van der Waals surface area contributed by atoms with Gasteiger partial charge in [-0.25, -0.2) is 15.5 Å². The summed E-state index contributed by atoms with van der Waals surface area (Å²) in [5.41, 5.74) is 8.56. The van der Waals surface area contributed by atoms with Crippen molar-refractivity contribution in [3.05, 3.63) is 42.0 Å². The molecule has 0 aliphatic carbocycles. The third-order valence-electron chi connectivity index (χ3n) is 5.86. The fourth-order valence-electron chi connectivity index (χ4n) is 3.60. The zero-order valence-corrected chi connectivity index (χ0v) is 21.2. The van der Waals surface area contributed by atoms with Crippen molar-refractivity contribution in [2.24, 2.45) is 17.6 Å². The molecule has 8 heteroatoms. The minimum absolute atomic E-state index is 0.111. The Labute approximate surface area is 204 Å². The third kappa shape index (κ3) is 9.27. The van der Waals surface area contributed by atoms with E-state index in [2.05, 4.69) is 0 Å². The van der Waals surface area contributed by atoms with E-state index in [1.165, 1.54) is 10.0 Å². The number of hydroxylamine groups is 1. The van der Waals surface area contributed by atoms with Crippen molar-refractivity contribution in [1.82, 2.24) is 15.5 Å². The highest BCUT2D eigenvalue weighted by molar-refractivity contribution is 5.90. The lowest BCUT2D eigenvalue weighted by Crippen LogP contribution is -2.62. The van der Waals surface area contributed by atoms with E-state index < -0.39 is 23.9 Å². The van der Waals surface area contributed by atoms with Crippen molar-refractivity contribution in [3.63, 3.8) is 0 Å². The second kappa shape index (κ2) is 15.2. The number of nitrogens with zero attached hydrogens (tertiary/aromatic N) is 2. The van der Waals surface area contributed by atoms with Crippen LogP contribution in [0, 0.1) is 11.8 Å². The SMILES string of the molecule is CCC(CC)CN(C(=O)[C@@H](C)N)N(C(=O)CCC(C)C)[C@@H](CC=Cc1ccccc1)C(=O)NO. The number of carbonyl (C=O) groups excluding carboxylic acids is 3. The molecule has 34 heavy (non-hydrogen) atoms. The molecule has 190 valence electrons. The van der Waals surface area contributed by atoms with E-state index in [-0.39, 0.29) is 37.1 Å². The van der Waals surface area contributed by atoms with Crippen LogP contribution in [-0.2, 0) is 14.4 Å². The topological polar surface area (TPSA) is 116 Å². The Bertz CT molecular complexity index is 791. The first-order valence-electron chi connectivity index (χ1n) is 12.2. The Hall–Kier alpha value is -2.71. The summed E-state index contributed by atoms with van der Waals surface area (Å²) in [6, 6.07) is 7.58. The van der Waals surface area contributed by atoms with Gasteiger partial charge in [0, 0.05) is 13.0 Å². The van der Waals surface area contributed by atoms with Crippen LogP contribution < -0.4 is 11.2 Å². The quantitative estimate of drug-likeness (QED) is 0.297. The molecule has 1 aromatic carbocycles. The average molecular weight is 475 g/mol. The van der Waals surface area contributed by atoms with E-state index in [1.54, 1.807) is 18.5 Å². The Balaban J connectivity index is 3.44. The normalized spacial score (nSPS) is 13.2. The second-order valence-corrected chi connectivity index (χ2v) is 9.10. The summed E-state index contributed by atoms with van der Waals surface area (Å²) in [7, 11) is 0. The van der Waals surface area contributed by atoms with Crippen molar-refractivity contribution in [3.8, 4) is 0 Å². The molecule has 0 saturated carbocycles. The lowest BCUT2D eigenvalue weighted by atomic mass is 10.0. The first-order chi connectivity index (χ1) is 16.2. The zero-order valence-electron chi connectivity index (χ0n) is 21.2. The number of nitrogens with one attached hydrogen (secondary N) is 1. The standard InChI is InChI=1S/C26H42N4O4/c1-6-21(7-2)18-29(26(33)20(5)27)30(24(31)17-16-19(3)4)23(25(32)28-34)15-11-14-22-12-9-8-10-13-22/h8-14,19-21,23,34H,6-7,15-18,27H2,1-5H3,(H,28,32)/t20-,23+/m1/s1. The number of hydrogen-bond acceptors (Lipinski definition) is 5. The van der Waals surface area contributed by atoms with Gasteiger partial charge in [-0.15, -0.1) is 0 Å². The molecule has 3 amide bonds. The molecular weight excluding hydrogens is 432 g/mol. The molecule has 0 saturated heterocycles. The Morgan fingerprint density at radius 1 is 1.09 bits per heavy atom. The highest BCUT2D eigenvalue weighted by Gasteiger charge is 2.37. The molecule has 0 fully saturated rings. The number of hydrazine groups is 1. The van der Waals surface area contributed by atoms with Crippen LogP contribution in [0.25, 0.3) is 6.08 Å². The number of nitrogens with two attached hydrogens (primary N) is 1. The molecule has 2 atom stereocenters. The fraction of sp³-hybridized carbons (Fsp3) is 0.577. The Morgan fingerprint density at radius 2 is 1.71 bits per heavy atom. The summed E-state index contributed by atoms with van der Waals surface area (Å²) in [5, 5.41) is 12.0. The van der Waals surface area contributed by atoms with E-state index in [4.69, 9.17) is 5.73 Å². The van der Waals surface area contributed by atoms with Gasteiger partial charge in [0.1, 0.15) is 6.04 Å². The summed E-state index contributed by atoms with van der Waals surface area (Å²) in [6.07, 6.45) is 6.10. The summed E-state index contributed by atoms with van der Waals surface area (Å²) < 4.78 is 0. The molecule has 1 rings (SSSR count). The van der Waals surface area contributed by atoms with Gasteiger partial charge in [-0.3, -0.25) is 19.6 Å². The fourth-order valence-corrected chi connectivity index (χ4v) is 3.60. The van der Waals surface area contributed by atoms with Crippen LogP contribution >= 0.6 is 0 Å². The van der Waals surface area contributed by atoms with Crippen LogP contribution in [0.1, 0.15) is 72.3 Å². The van der Waals surface area contributed by atoms with E-state index in [0.717, 1.165) is 18.4 Å². The summed E-state index contributed by atoms with van der Waals surface area (Å²) in [4.78, 5) is 39.5. The first-order valence-corrected chi connectivity index (χ1v) is 12.2. The number of carbonyl (C=O) groups is 3. The average Bonchev–Trinajstić information content (AvgIpc) is 2.83. The van der Waals surface area contributed by atoms with Crippen LogP contribution in [0.15, 0.2) is 36.4 Å². The minimum Gasteiger partial charge on any atom is -0.320 e. The molecule has 0 unspecified atom stereocenters. The highest BCUT2D eigenvalue weighted by Crippen LogP contribution is 2.20. The number of benzene rings is 1. The van der Waals surface area contributed by atoms with Gasteiger partial charge in [-0.05, 0) is 37.2 Å². The highest BCUT2D eigenvalue weighted by atomic mass is 16.5. The summed E-state index contributed by atoms with van der Waals surface area (Å²) >= 11 is 0. The van der Waals surface area contributed by atoms with Gasteiger partial charge in [0.15, 0.2) is 0 Å². The van der Waals surface area contributed by atoms with Gasteiger partial charge in [-0.2, -0.15) is 0 Å². The minimum atomic E-state index is -1.11. The third-order valence-corrected chi connectivity index (χ3v) is 5.86. The maximum atomic E-state index is 13.5. The maximum absolute atomic E-state index is 13.5. The van der Waals surface area contributed by atoms with Crippen LogP contribution in [-0.4, -0.2) is 51.6 Å². The second-order valence-electron chi connectivity index (χ2n) is 9.10. The molecule has 0 radical (unpaired) electrons. The van der Waals surface area contributed by atoms with Gasteiger partial charge in [0.2, 0.25) is 5.91 Å². The smallest absolute Gasteiger partial charge is 0.268 e. The molecule has 0 aromatic heterocycles. The molecule has 0 spiro atoms. The van der Waals surface area contributed by atoms with E-state index in [9.17, 15) is 19.6 Å². The summed E-state index contributed by atoms with van der Waals surface area (Å²) in [5.74, 6) is -1.16. The van der Waals surface area contributed by atoms with Crippen molar-refractivity contribution in [1.29, 1.82) is 0 Å². The van der Waals surface area contributed by atoms with E-state index >= 15 is 0 Å². The van der Waals surface area contributed by atoms with Crippen molar-refractivity contribution in [2.75, 3.05) is 6.54 Å². The number of hydrogen-bond donors (Lipinski definition) is 3. The molecule has 0 aliphatic heterocycles. The number of rotatable bonds is 13. The van der Waals surface area contributed by atoms with Crippen molar-refractivity contribution in [2.45, 2.75) is 78.8 Å². The number of amides is 3. The van der Waals surface area contributed by atoms with E-state index in [0.29, 0.717) is 6.42 Å². The lowest BCUT2D eigenvalue weighted by Gasteiger charge is -2.41. The maximum Gasteiger partial charge on any atom is 0.268 e. The molecule has 1 aromatic rings. The van der Waals surface area contributed by atoms with Crippen LogP contribution in [0.5, 0.6) is 0 Å². The molecule has 0 aliphatic rings.